The van der Waals surface area contributed by atoms with Gasteiger partial charge in [0.2, 0.25) is 5.91 Å². The van der Waals surface area contributed by atoms with Crippen molar-refractivity contribution in [2.75, 3.05) is 13.1 Å². The molecule has 0 aliphatic rings. The van der Waals surface area contributed by atoms with E-state index in [1.165, 1.54) is 30.4 Å². The van der Waals surface area contributed by atoms with E-state index >= 15 is 0 Å². The second-order valence-corrected chi connectivity index (χ2v) is 4.29. The molecule has 8 heteroatoms. The van der Waals surface area contributed by atoms with E-state index in [4.69, 9.17) is 0 Å². The van der Waals surface area contributed by atoms with Crippen LogP contribution in [0.15, 0.2) is 30.3 Å². The molecule has 0 bridgehead atoms. The third-order valence-corrected chi connectivity index (χ3v) is 2.47. The van der Waals surface area contributed by atoms with Crippen LogP contribution in [0.1, 0.15) is 12.0 Å². The van der Waals surface area contributed by atoms with Crippen LogP contribution >= 0.6 is 0 Å². The summed E-state index contributed by atoms with van der Waals surface area (Å²) in [5, 5.41) is 4.11. The van der Waals surface area contributed by atoms with Crippen molar-refractivity contribution in [2.45, 2.75) is 12.6 Å². The van der Waals surface area contributed by atoms with Gasteiger partial charge in [0.1, 0.15) is 5.82 Å². The molecule has 0 saturated carbocycles. The highest BCUT2D eigenvalue weighted by molar-refractivity contribution is 5.91. The van der Waals surface area contributed by atoms with Gasteiger partial charge in [-0.25, -0.2) is 4.39 Å². The second-order valence-electron chi connectivity index (χ2n) is 4.29. The Bertz CT molecular complexity index is 556. The van der Waals surface area contributed by atoms with Crippen LogP contribution in [0.3, 0.4) is 0 Å². The number of alkyl halides is 3. The van der Waals surface area contributed by atoms with E-state index in [9.17, 15) is 27.2 Å². The van der Waals surface area contributed by atoms with Crippen LogP contribution in [-0.2, 0) is 9.59 Å². The van der Waals surface area contributed by atoms with Crippen LogP contribution in [0.4, 0.5) is 17.6 Å². The molecular weight excluding hydrogens is 304 g/mol. The summed E-state index contributed by atoms with van der Waals surface area (Å²) < 4.78 is 48.5. The van der Waals surface area contributed by atoms with Crippen molar-refractivity contribution in [1.82, 2.24) is 10.6 Å². The fraction of sp³-hybridized carbons (Fsp3) is 0.286. The number of benzene rings is 1. The lowest BCUT2D eigenvalue weighted by molar-refractivity contribution is -0.173. The van der Waals surface area contributed by atoms with Crippen LogP contribution in [0.5, 0.6) is 0 Å². The molecule has 0 spiro atoms. The molecule has 1 rings (SSSR count). The molecule has 1 aromatic carbocycles. The fourth-order valence-corrected chi connectivity index (χ4v) is 1.44. The van der Waals surface area contributed by atoms with E-state index < -0.39 is 23.8 Å². The number of hydrogen-bond acceptors (Lipinski definition) is 2. The quantitative estimate of drug-likeness (QED) is 0.479. The maximum atomic E-state index is 12.9. The van der Waals surface area contributed by atoms with E-state index in [0.717, 1.165) is 0 Å². The van der Waals surface area contributed by atoms with E-state index in [2.05, 4.69) is 5.32 Å². The molecule has 0 aromatic heterocycles. The van der Waals surface area contributed by atoms with Crippen LogP contribution in [-0.4, -0.2) is 31.1 Å². The van der Waals surface area contributed by atoms with Crippen molar-refractivity contribution >= 4 is 17.9 Å². The van der Waals surface area contributed by atoms with Gasteiger partial charge in [-0.2, -0.15) is 13.2 Å². The van der Waals surface area contributed by atoms with E-state index in [1.54, 1.807) is 11.4 Å². The molecule has 4 nitrogen and oxygen atoms in total. The zero-order chi connectivity index (χ0) is 16.6. The highest BCUT2D eigenvalue weighted by Gasteiger charge is 2.38. The second kappa shape index (κ2) is 8.16. The van der Waals surface area contributed by atoms with Gasteiger partial charge in [0.25, 0.3) is 0 Å². The van der Waals surface area contributed by atoms with Gasteiger partial charge in [0, 0.05) is 19.2 Å². The highest BCUT2D eigenvalue weighted by atomic mass is 19.4. The first kappa shape index (κ1) is 17.7. The number of amides is 2. The Kier molecular flexibility index (Phi) is 6.55. The largest absolute Gasteiger partial charge is 0.471 e. The molecule has 0 aliphatic carbocycles. The van der Waals surface area contributed by atoms with E-state index in [0.29, 0.717) is 5.56 Å². The summed E-state index contributed by atoms with van der Waals surface area (Å²) in [6.07, 6.45) is -2.16. The minimum atomic E-state index is -4.91. The third kappa shape index (κ3) is 6.87. The van der Waals surface area contributed by atoms with Crippen molar-refractivity contribution in [1.29, 1.82) is 0 Å². The summed E-state index contributed by atoms with van der Waals surface area (Å²) in [5.74, 6) is -2.90. The van der Waals surface area contributed by atoms with Crippen LogP contribution in [0.25, 0.3) is 6.08 Å². The Balaban J connectivity index is 2.23. The van der Waals surface area contributed by atoms with Gasteiger partial charge in [-0.3, -0.25) is 9.59 Å². The Morgan fingerprint density at radius 3 is 2.45 bits per heavy atom. The first-order valence-electron chi connectivity index (χ1n) is 6.35. The van der Waals surface area contributed by atoms with Crippen molar-refractivity contribution in [3.05, 3.63) is 41.7 Å². The van der Waals surface area contributed by atoms with Crippen LogP contribution < -0.4 is 10.6 Å². The number of rotatable bonds is 6. The van der Waals surface area contributed by atoms with Crippen molar-refractivity contribution < 1.29 is 27.2 Å². The maximum absolute atomic E-state index is 12.9. The van der Waals surface area contributed by atoms with E-state index in [1.807, 2.05) is 0 Å². The standard InChI is InChI=1S/C14H14F4N2O2/c15-11-4-1-3-10(9-11)5-6-12(21)19-7-2-8-20-13(22)14(16,17)18/h1,3-6,9H,2,7-8H2,(H,19,21)(H,20,22)/b6-5+. The molecular formula is C14H14F4N2O2. The maximum Gasteiger partial charge on any atom is 0.471 e. The molecule has 0 saturated heterocycles. The summed E-state index contributed by atoms with van der Waals surface area (Å²) in [6.45, 7) is -0.101. The molecule has 1 aromatic rings. The van der Waals surface area contributed by atoms with Crippen molar-refractivity contribution in [2.24, 2.45) is 0 Å². The Morgan fingerprint density at radius 2 is 1.82 bits per heavy atom. The van der Waals surface area contributed by atoms with Crippen molar-refractivity contribution in [3.8, 4) is 0 Å². The molecule has 0 radical (unpaired) electrons. The predicted molar refractivity (Wildman–Crippen MR) is 72.1 cm³/mol. The average molecular weight is 318 g/mol. The zero-order valence-electron chi connectivity index (χ0n) is 11.4. The summed E-state index contributed by atoms with van der Waals surface area (Å²) >= 11 is 0. The minimum Gasteiger partial charge on any atom is -0.352 e. The smallest absolute Gasteiger partial charge is 0.352 e. The summed E-state index contributed by atoms with van der Waals surface area (Å²) in [4.78, 5) is 21.9. The average Bonchev–Trinajstić information content (AvgIpc) is 2.43. The summed E-state index contributed by atoms with van der Waals surface area (Å²) in [7, 11) is 0. The van der Waals surface area contributed by atoms with Gasteiger partial charge < -0.3 is 10.6 Å². The molecule has 120 valence electrons. The number of carbonyl (C=O) groups excluding carboxylic acids is 2. The number of halogens is 4. The Labute approximate surface area is 124 Å². The molecule has 0 heterocycles. The number of nitrogens with one attached hydrogen (secondary N) is 2. The molecule has 0 fully saturated rings. The zero-order valence-corrected chi connectivity index (χ0v) is 11.4. The summed E-state index contributed by atoms with van der Waals surface area (Å²) in [5.41, 5.74) is 0.507. The number of hydrogen-bond donors (Lipinski definition) is 2. The summed E-state index contributed by atoms with van der Waals surface area (Å²) in [6, 6.07) is 5.62. The van der Waals surface area contributed by atoms with Crippen molar-refractivity contribution in [3.63, 3.8) is 0 Å². The Morgan fingerprint density at radius 1 is 1.14 bits per heavy atom. The highest BCUT2D eigenvalue weighted by Crippen LogP contribution is 2.13. The first-order valence-corrected chi connectivity index (χ1v) is 6.35. The van der Waals surface area contributed by atoms with Gasteiger partial charge in [-0.1, -0.05) is 12.1 Å². The molecule has 0 aliphatic heterocycles. The lowest BCUT2D eigenvalue weighted by Crippen LogP contribution is -2.38. The lowest BCUT2D eigenvalue weighted by Gasteiger charge is -2.07. The van der Waals surface area contributed by atoms with Crippen LogP contribution in [0, 0.1) is 5.82 Å². The lowest BCUT2D eigenvalue weighted by atomic mass is 10.2. The van der Waals surface area contributed by atoms with Gasteiger partial charge >= 0.3 is 12.1 Å². The van der Waals surface area contributed by atoms with Gasteiger partial charge in [0.05, 0.1) is 0 Å². The SMILES string of the molecule is O=C(/C=C/c1cccc(F)c1)NCCCNC(=O)C(F)(F)F. The third-order valence-electron chi connectivity index (χ3n) is 2.47. The van der Waals surface area contributed by atoms with Gasteiger partial charge in [-0.05, 0) is 30.2 Å². The minimum absolute atomic E-state index is 0.102. The molecule has 0 unspecified atom stereocenters. The Hall–Kier alpha value is -2.38. The molecule has 2 amide bonds. The topological polar surface area (TPSA) is 58.2 Å². The molecule has 2 N–H and O–H groups in total. The van der Waals surface area contributed by atoms with E-state index in [-0.39, 0.29) is 19.5 Å². The number of carbonyl (C=O) groups is 2. The predicted octanol–water partition coefficient (Wildman–Crippen LogP) is 2.02. The molecule has 22 heavy (non-hydrogen) atoms. The van der Waals surface area contributed by atoms with Gasteiger partial charge in [0.15, 0.2) is 0 Å². The first-order chi connectivity index (χ1) is 10.3. The monoisotopic (exact) mass is 318 g/mol. The molecule has 0 atom stereocenters. The van der Waals surface area contributed by atoms with Crippen LogP contribution in [0.2, 0.25) is 0 Å². The van der Waals surface area contributed by atoms with Gasteiger partial charge in [-0.15, -0.1) is 0 Å². The normalized spacial score (nSPS) is 11.5. The fourth-order valence-electron chi connectivity index (χ4n) is 1.44.